The smallest absolute Gasteiger partial charge is 0.166 e. The van der Waals surface area contributed by atoms with Crippen LogP contribution in [0.5, 0.6) is 5.75 Å². The molecule has 1 aliphatic carbocycles. The van der Waals surface area contributed by atoms with E-state index in [-0.39, 0.29) is 11.9 Å². The first-order chi connectivity index (χ1) is 5.75. The molecule has 0 spiro atoms. The summed E-state index contributed by atoms with van der Waals surface area (Å²) in [5.74, 6) is 0.0666. The highest BCUT2D eigenvalue weighted by Crippen LogP contribution is 2.29. The van der Waals surface area contributed by atoms with Gasteiger partial charge in [0.1, 0.15) is 0 Å². The predicted octanol–water partition coefficient (Wildman–Crippen LogP) is 3.13. The minimum Gasteiger partial charge on any atom is -0.487 e. The second-order valence-electron chi connectivity index (χ2n) is 2.89. The standard InChI is InChI=1S/C9H8BrFO/c10-6-1-4-9(8(11)5-6)12-7-2-3-7/h1,4-5,7H,2-3H2. The fraction of sp³-hybridized carbons (Fsp3) is 0.333. The zero-order valence-electron chi connectivity index (χ0n) is 6.39. The van der Waals surface area contributed by atoms with E-state index >= 15 is 0 Å². The molecule has 1 fully saturated rings. The number of hydrogen-bond donors (Lipinski definition) is 0. The van der Waals surface area contributed by atoms with Crippen molar-refractivity contribution in [2.45, 2.75) is 18.9 Å². The van der Waals surface area contributed by atoms with Crippen LogP contribution in [0.4, 0.5) is 4.39 Å². The van der Waals surface area contributed by atoms with E-state index in [2.05, 4.69) is 15.9 Å². The molecular formula is C9H8BrFO. The lowest BCUT2D eigenvalue weighted by Gasteiger charge is -2.04. The molecule has 1 aromatic carbocycles. The Hall–Kier alpha value is -0.570. The van der Waals surface area contributed by atoms with Crippen LogP contribution in [0.15, 0.2) is 22.7 Å². The predicted molar refractivity (Wildman–Crippen MR) is 47.8 cm³/mol. The normalized spacial score (nSPS) is 16.2. The Kier molecular flexibility index (Phi) is 2.05. The van der Waals surface area contributed by atoms with Gasteiger partial charge in [-0.05, 0) is 31.0 Å². The number of rotatable bonds is 2. The highest BCUT2D eigenvalue weighted by Gasteiger charge is 2.24. The third kappa shape index (κ3) is 1.78. The molecule has 2 rings (SSSR count). The summed E-state index contributed by atoms with van der Waals surface area (Å²) in [5.41, 5.74) is 0. The SMILES string of the molecule is Fc1cc(Br)ccc1OC1CC1. The van der Waals surface area contributed by atoms with Crippen LogP contribution >= 0.6 is 15.9 Å². The molecule has 1 aromatic rings. The third-order valence-corrected chi connectivity index (χ3v) is 2.21. The molecule has 0 amide bonds. The van der Waals surface area contributed by atoms with Gasteiger partial charge in [0.25, 0.3) is 0 Å². The molecule has 12 heavy (non-hydrogen) atoms. The van der Waals surface area contributed by atoms with Crippen molar-refractivity contribution in [1.29, 1.82) is 0 Å². The maximum atomic E-state index is 13.1. The van der Waals surface area contributed by atoms with Crippen molar-refractivity contribution in [3.63, 3.8) is 0 Å². The largest absolute Gasteiger partial charge is 0.487 e. The van der Waals surface area contributed by atoms with Gasteiger partial charge in [-0.15, -0.1) is 0 Å². The number of ether oxygens (including phenoxy) is 1. The average Bonchev–Trinajstić information content (AvgIpc) is 2.79. The molecule has 0 bridgehead atoms. The van der Waals surface area contributed by atoms with Crippen LogP contribution in [-0.4, -0.2) is 6.10 Å². The molecule has 0 aromatic heterocycles. The number of halogens is 2. The molecule has 0 saturated heterocycles. The van der Waals surface area contributed by atoms with Gasteiger partial charge in [0, 0.05) is 4.47 Å². The molecule has 0 aliphatic heterocycles. The van der Waals surface area contributed by atoms with Crippen LogP contribution in [0.1, 0.15) is 12.8 Å². The van der Waals surface area contributed by atoms with Crippen molar-refractivity contribution in [3.05, 3.63) is 28.5 Å². The summed E-state index contributed by atoms with van der Waals surface area (Å²) in [6.07, 6.45) is 2.35. The maximum Gasteiger partial charge on any atom is 0.166 e. The van der Waals surface area contributed by atoms with Gasteiger partial charge in [-0.3, -0.25) is 0 Å². The first kappa shape index (κ1) is 8.05. The molecule has 1 aliphatic rings. The topological polar surface area (TPSA) is 9.23 Å². The fourth-order valence-corrected chi connectivity index (χ4v) is 1.27. The second kappa shape index (κ2) is 3.05. The number of hydrogen-bond acceptors (Lipinski definition) is 1. The maximum absolute atomic E-state index is 13.1. The van der Waals surface area contributed by atoms with Crippen molar-refractivity contribution >= 4 is 15.9 Å². The van der Waals surface area contributed by atoms with Gasteiger partial charge in [0.15, 0.2) is 11.6 Å². The van der Waals surface area contributed by atoms with Gasteiger partial charge in [-0.2, -0.15) is 0 Å². The summed E-state index contributed by atoms with van der Waals surface area (Å²) in [7, 11) is 0. The van der Waals surface area contributed by atoms with Crippen molar-refractivity contribution in [2.24, 2.45) is 0 Å². The lowest BCUT2D eigenvalue weighted by Crippen LogP contribution is -1.97. The summed E-state index contributed by atoms with van der Waals surface area (Å²) in [6, 6.07) is 4.84. The van der Waals surface area contributed by atoms with Crippen LogP contribution < -0.4 is 4.74 Å². The molecule has 1 saturated carbocycles. The Balaban J connectivity index is 2.18. The van der Waals surface area contributed by atoms with E-state index in [1.54, 1.807) is 12.1 Å². The molecule has 0 unspecified atom stereocenters. The van der Waals surface area contributed by atoms with E-state index in [1.807, 2.05) is 0 Å². The lowest BCUT2D eigenvalue weighted by molar-refractivity contribution is 0.287. The average molecular weight is 231 g/mol. The first-order valence-corrected chi connectivity index (χ1v) is 4.67. The lowest BCUT2D eigenvalue weighted by atomic mass is 10.3. The minimum atomic E-state index is -0.295. The van der Waals surface area contributed by atoms with Crippen molar-refractivity contribution in [2.75, 3.05) is 0 Å². The Bertz CT molecular complexity index is 297. The van der Waals surface area contributed by atoms with Crippen LogP contribution in [-0.2, 0) is 0 Å². The van der Waals surface area contributed by atoms with E-state index in [4.69, 9.17) is 4.74 Å². The summed E-state index contributed by atoms with van der Waals surface area (Å²) < 4.78 is 19.1. The quantitative estimate of drug-likeness (QED) is 0.759. The van der Waals surface area contributed by atoms with E-state index in [0.717, 1.165) is 17.3 Å². The van der Waals surface area contributed by atoms with Crippen molar-refractivity contribution < 1.29 is 9.13 Å². The van der Waals surface area contributed by atoms with E-state index in [1.165, 1.54) is 6.07 Å². The van der Waals surface area contributed by atoms with Gasteiger partial charge >= 0.3 is 0 Å². The zero-order chi connectivity index (χ0) is 8.55. The molecule has 0 heterocycles. The summed E-state index contributed by atoms with van der Waals surface area (Å²) in [5, 5.41) is 0. The first-order valence-electron chi connectivity index (χ1n) is 3.87. The molecule has 64 valence electrons. The van der Waals surface area contributed by atoms with E-state index in [0.29, 0.717) is 5.75 Å². The second-order valence-corrected chi connectivity index (χ2v) is 3.81. The highest BCUT2D eigenvalue weighted by atomic mass is 79.9. The van der Waals surface area contributed by atoms with Gasteiger partial charge in [-0.25, -0.2) is 4.39 Å². The molecule has 0 N–H and O–H groups in total. The molecule has 1 nitrogen and oxygen atoms in total. The Labute approximate surface area is 78.7 Å². The third-order valence-electron chi connectivity index (χ3n) is 1.71. The van der Waals surface area contributed by atoms with Crippen LogP contribution in [0.2, 0.25) is 0 Å². The van der Waals surface area contributed by atoms with E-state index in [9.17, 15) is 4.39 Å². The Morgan fingerprint density at radius 3 is 2.75 bits per heavy atom. The van der Waals surface area contributed by atoms with Crippen molar-refractivity contribution in [1.82, 2.24) is 0 Å². The summed E-state index contributed by atoms with van der Waals surface area (Å²) in [6.45, 7) is 0. The minimum absolute atomic E-state index is 0.251. The van der Waals surface area contributed by atoms with Gasteiger partial charge in [0.05, 0.1) is 6.10 Å². The fourth-order valence-electron chi connectivity index (χ4n) is 0.936. The Morgan fingerprint density at radius 1 is 1.42 bits per heavy atom. The highest BCUT2D eigenvalue weighted by molar-refractivity contribution is 9.10. The summed E-state index contributed by atoms with van der Waals surface area (Å²) in [4.78, 5) is 0. The monoisotopic (exact) mass is 230 g/mol. The molecule has 0 radical (unpaired) electrons. The van der Waals surface area contributed by atoms with Gasteiger partial charge < -0.3 is 4.74 Å². The number of benzene rings is 1. The zero-order valence-corrected chi connectivity index (χ0v) is 7.97. The van der Waals surface area contributed by atoms with Gasteiger partial charge in [-0.1, -0.05) is 15.9 Å². The molecule has 3 heteroatoms. The van der Waals surface area contributed by atoms with Crippen LogP contribution in [0.25, 0.3) is 0 Å². The van der Waals surface area contributed by atoms with Gasteiger partial charge in [0.2, 0.25) is 0 Å². The molecular weight excluding hydrogens is 223 g/mol. The Morgan fingerprint density at radius 2 is 2.17 bits per heavy atom. The molecule has 0 atom stereocenters. The van der Waals surface area contributed by atoms with Crippen LogP contribution in [0.3, 0.4) is 0 Å². The summed E-state index contributed by atoms with van der Waals surface area (Å²) >= 11 is 3.18. The van der Waals surface area contributed by atoms with Crippen LogP contribution in [0, 0.1) is 5.82 Å². The van der Waals surface area contributed by atoms with E-state index < -0.39 is 0 Å². The van der Waals surface area contributed by atoms with Crippen molar-refractivity contribution in [3.8, 4) is 5.75 Å².